The summed E-state index contributed by atoms with van der Waals surface area (Å²) in [5, 5.41) is 9.31. The van der Waals surface area contributed by atoms with E-state index in [4.69, 9.17) is 4.74 Å². The Balaban J connectivity index is 1.79. The van der Waals surface area contributed by atoms with E-state index in [1.54, 1.807) is 17.1 Å². The first-order valence-corrected chi connectivity index (χ1v) is 6.82. The summed E-state index contributed by atoms with van der Waals surface area (Å²) in [4.78, 5) is 22.2. The quantitative estimate of drug-likeness (QED) is 0.823. The maximum atomic E-state index is 11.5. The molecule has 1 saturated heterocycles. The minimum Gasteiger partial charge on any atom is -0.376 e. The van der Waals surface area contributed by atoms with Crippen LogP contribution < -0.4 is 10.6 Å². The van der Waals surface area contributed by atoms with Gasteiger partial charge in [-0.25, -0.2) is 0 Å². The minimum atomic E-state index is -0.270. The van der Waals surface area contributed by atoms with Gasteiger partial charge in [0.05, 0.1) is 31.1 Å². The number of carbonyl (C=O) groups excluding carboxylic acids is 2. The summed E-state index contributed by atoms with van der Waals surface area (Å²) in [6.07, 6.45) is 6.92. The van der Waals surface area contributed by atoms with Crippen LogP contribution in [-0.4, -0.2) is 40.9 Å². The van der Waals surface area contributed by atoms with Crippen molar-refractivity contribution in [3.8, 4) is 0 Å². The third kappa shape index (κ3) is 4.65. The Morgan fingerprint density at radius 1 is 1.50 bits per heavy atom. The smallest absolute Gasteiger partial charge is 0.243 e. The van der Waals surface area contributed by atoms with E-state index in [2.05, 4.69) is 15.7 Å². The molecule has 1 aromatic heterocycles. The van der Waals surface area contributed by atoms with Crippen LogP contribution in [0.15, 0.2) is 12.4 Å². The van der Waals surface area contributed by atoms with Crippen molar-refractivity contribution in [2.24, 2.45) is 0 Å². The number of aromatic nitrogens is 2. The molecule has 1 atom stereocenters. The number of nitrogens with zero attached hydrogens (tertiary/aromatic N) is 2. The molecule has 2 rings (SSSR count). The highest BCUT2D eigenvalue weighted by Gasteiger charge is 2.15. The fourth-order valence-electron chi connectivity index (χ4n) is 2.10. The fourth-order valence-corrected chi connectivity index (χ4v) is 2.10. The van der Waals surface area contributed by atoms with Crippen molar-refractivity contribution >= 4 is 17.5 Å². The number of amides is 2. The van der Waals surface area contributed by atoms with Crippen LogP contribution >= 0.6 is 0 Å². The Morgan fingerprint density at radius 3 is 3.05 bits per heavy atom. The molecular formula is C13H20N4O3. The lowest BCUT2D eigenvalue weighted by atomic mass is 10.1. The first-order valence-electron chi connectivity index (χ1n) is 6.82. The Hall–Kier alpha value is -1.89. The van der Waals surface area contributed by atoms with Crippen LogP contribution in [0.5, 0.6) is 0 Å². The van der Waals surface area contributed by atoms with E-state index in [9.17, 15) is 9.59 Å². The first-order chi connectivity index (χ1) is 9.63. The van der Waals surface area contributed by atoms with E-state index in [-0.39, 0.29) is 24.5 Å². The minimum absolute atomic E-state index is 0.0355. The summed E-state index contributed by atoms with van der Waals surface area (Å²) in [5.74, 6) is -0.501. The van der Waals surface area contributed by atoms with Crippen molar-refractivity contribution in [3.63, 3.8) is 0 Å². The van der Waals surface area contributed by atoms with Gasteiger partial charge in [0.1, 0.15) is 0 Å². The second kappa shape index (κ2) is 7.04. The molecule has 0 radical (unpaired) electrons. The summed E-state index contributed by atoms with van der Waals surface area (Å²) >= 11 is 0. The highest BCUT2D eigenvalue weighted by Crippen LogP contribution is 2.15. The van der Waals surface area contributed by atoms with Crippen LogP contribution in [0.4, 0.5) is 5.69 Å². The summed E-state index contributed by atoms with van der Waals surface area (Å²) in [6.45, 7) is 2.84. The molecule has 2 heterocycles. The van der Waals surface area contributed by atoms with Crippen molar-refractivity contribution in [1.82, 2.24) is 15.1 Å². The molecule has 7 heteroatoms. The largest absolute Gasteiger partial charge is 0.376 e. The van der Waals surface area contributed by atoms with E-state index in [1.807, 2.05) is 0 Å². The average molecular weight is 280 g/mol. The van der Waals surface area contributed by atoms with Gasteiger partial charge in [-0.1, -0.05) is 0 Å². The number of hydrogen-bond donors (Lipinski definition) is 2. The van der Waals surface area contributed by atoms with Crippen LogP contribution in [0.2, 0.25) is 0 Å². The lowest BCUT2D eigenvalue weighted by Crippen LogP contribution is -2.31. The molecule has 2 N–H and O–H groups in total. The summed E-state index contributed by atoms with van der Waals surface area (Å²) in [6, 6.07) is 0. The van der Waals surface area contributed by atoms with E-state index >= 15 is 0 Å². The van der Waals surface area contributed by atoms with Crippen LogP contribution in [-0.2, 0) is 20.9 Å². The molecule has 0 saturated carbocycles. The molecule has 1 fully saturated rings. The number of nitrogens with one attached hydrogen (secondary N) is 2. The highest BCUT2D eigenvalue weighted by atomic mass is 16.5. The zero-order chi connectivity index (χ0) is 14.4. The normalized spacial score (nSPS) is 18.6. The number of hydrogen-bond acceptors (Lipinski definition) is 4. The predicted molar refractivity (Wildman–Crippen MR) is 73.1 cm³/mol. The zero-order valence-electron chi connectivity index (χ0n) is 11.6. The molecule has 1 aliphatic heterocycles. The maximum Gasteiger partial charge on any atom is 0.243 e. The standard InChI is InChI=1S/C13H20N4O3/c1-10(18)14-7-13(19)16-11-6-15-17(8-11)9-12-4-2-3-5-20-12/h6,8,12H,2-5,7,9H2,1H3,(H,14,18)(H,16,19)/t12-/m0/s1. The van der Waals surface area contributed by atoms with Crippen LogP contribution in [0.1, 0.15) is 26.2 Å². The van der Waals surface area contributed by atoms with Gasteiger partial charge in [-0.3, -0.25) is 14.3 Å². The molecule has 20 heavy (non-hydrogen) atoms. The van der Waals surface area contributed by atoms with Gasteiger partial charge in [0.25, 0.3) is 0 Å². The molecule has 1 aliphatic rings. The topological polar surface area (TPSA) is 85.3 Å². The van der Waals surface area contributed by atoms with E-state index in [1.165, 1.54) is 13.3 Å². The van der Waals surface area contributed by atoms with Gasteiger partial charge in [-0.15, -0.1) is 0 Å². The second-order valence-electron chi connectivity index (χ2n) is 4.90. The monoisotopic (exact) mass is 280 g/mol. The maximum absolute atomic E-state index is 11.5. The zero-order valence-corrected chi connectivity index (χ0v) is 11.6. The first kappa shape index (κ1) is 14.5. The lowest BCUT2D eigenvalue weighted by Gasteiger charge is -2.22. The molecule has 0 spiro atoms. The lowest BCUT2D eigenvalue weighted by molar-refractivity contribution is -0.122. The summed E-state index contributed by atoms with van der Waals surface area (Å²) < 4.78 is 7.41. The summed E-state index contributed by atoms with van der Waals surface area (Å²) in [7, 11) is 0. The Labute approximate surface area is 117 Å². The number of carbonyl (C=O) groups is 2. The van der Waals surface area contributed by atoms with Gasteiger partial charge in [0.2, 0.25) is 11.8 Å². The van der Waals surface area contributed by atoms with Gasteiger partial charge in [0, 0.05) is 19.7 Å². The third-order valence-electron chi connectivity index (χ3n) is 3.08. The number of ether oxygens (including phenoxy) is 1. The molecule has 2 amide bonds. The highest BCUT2D eigenvalue weighted by molar-refractivity contribution is 5.93. The van der Waals surface area contributed by atoms with Crippen molar-refractivity contribution in [2.75, 3.05) is 18.5 Å². The van der Waals surface area contributed by atoms with Gasteiger partial charge >= 0.3 is 0 Å². The van der Waals surface area contributed by atoms with Crippen LogP contribution in [0.3, 0.4) is 0 Å². The fraction of sp³-hybridized carbons (Fsp3) is 0.615. The van der Waals surface area contributed by atoms with Crippen molar-refractivity contribution in [2.45, 2.75) is 38.8 Å². The Kier molecular flexibility index (Phi) is 5.11. The SMILES string of the molecule is CC(=O)NCC(=O)Nc1cnn(C[C@@H]2CCCCO2)c1. The number of anilines is 1. The average Bonchev–Trinajstić information content (AvgIpc) is 2.85. The van der Waals surface area contributed by atoms with Gasteiger partial charge in [-0.05, 0) is 19.3 Å². The van der Waals surface area contributed by atoms with Gasteiger partial charge in [0.15, 0.2) is 0 Å². The molecular weight excluding hydrogens is 260 g/mol. The molecule has 7 nitrogen and oxygen atoms in total. The van der Waals surface area contributed by atoms with Gasteiger partial charge in [-0.2, -0.15) is 5.10 Å². The van der Waals surface area contributed by atoms with Crippen LogP contribution in [0.25, 0.3) is 0 Å². The molecule has 0 bridgehead atoms. The Morgan fingerprint density at radius 2 is 2.35 bits per heavy atom. The van der Waals surface area contributed by atoms with Crippen molar-refractivity contribution in [1.29, 1.82) is 0 Å². The van der Waals surface area contributed by atoms with E-state index < -0.39 is 0 Å². The molecule has 0 aromatic carbocycles. The molecule has 0 unspecified atom stereocenters. The molecule has 1 aromatic rings. The van der Waals surface area contributed by atoms with Crippen LogP contribution in [0, 0.1) is 0 Å². The molecule has 0 aliphatic carbocycles. The van der Waals surface area contributed by atoms with E-state index in [0.29, 0.717) is 12.2 Å². The van der Waals surface area contributed by atoms with Crippen molar-refractivity contribution in [3.05, 3.63) is 12.4 Å². The second-order valence-corrected chi connectivity index (χ2v) is 4.90. The third-order valence-corrected chi connectivity index (χ3v) is 3.08. The summed E-state index contributed by atoms with van der Waals surface area (Å²) in [5.41, 5.74) is 0.621. The van der Waals surface area contributed by atoms with E-state index in [0.717, 1.165) is 19.4 Å². The predicted octanol–water partition coefficient (Wildman–Crippen LogP) is 0.527. The molecule has 110 valence electrons. The Bertz CT molecular complexity index is 466. The van der Waals surface area contributed by atoms with Gasteiger partial charge < -0.3 is 15.4 Å². The van der Waals surface area contributed by atoms with Crippen molar-refractivity contribution < 1.29 is 14.3 Å². The number of rotatable bonds is 5.